The van der Waals surface area contributed by atoms with Gasteiger partial charge in [-0.15, -0.1) is 0 Å². The molecule has 0 N–H and O–H groups in total. The van der Waals surface area contributed by atoms with Crippen molar-refractivity contribution in [3.63, 3.8) is 0 Å². The van der Waals surface area contributed by atoms with Crippen molar-refractivity contribution < 1.29 is 0 Å². The topological polar surface area (TPSA) is 34.4 Å². The van der Waals surface area contributed by atoms with Crippen molar-refractivity contribution in [1.29, 1.82) is 0 Å². The van der Waals surface area contributed by atoms with Crippen LogP contribution in [0.3, 0.4) is 0 Å². The first-order valence-electron chi connectivity index (χ1n) is 9.44. The number of nitrogens with zero attached hydrogens (tertiary/aromatic N) is 5. The largest absolute Gasteiger partial charge is 0.360 e. The third kappa shape index (κ3) is 3.88. The highest BCUT2D eigenvalue weighted by molar-refractivity contribution is 5.83. The van der Waals surface area contributed by atoms with E-state index in [4.69, 9.17) is 0 Å². The highest BCUT2D eigenvalue weighted by Crippen LogP contribution is 2.19. The molecule has 2 aromatic rings. The average molecular weight is 349 g/mol. The van der Waals surface area contributed by atoms with Gasteiger partial charge in [0, 0.05) is 46.3 Å². The fraction of sp³-hybridized carbons (Fsp3) is 0.429. The Morgan fingerprint density at radius 3 is 2.69 bits per heavy atom. The van der Waals surface area contributed by atoms with Crippen LogP contribution >= 0.6 is 0 Å². The van der Waals surface area contributed by atoms with E-state index in [-0.39, 0.29) is 0 Å². The molecule has 1 saturated heterocycles. The normalized spacial score (nSPS) is 21.3. The standard InChI is InChI=1S/C21H27N5/c1-22-16-25-10-8-24(9-11-25)15-21-13-23-17-26(21)14-18-6-7-19-4-2-3-5-20(19)12-18/h2-7,12,16-17,21H,8-11,13-15H2,1H3. The summed E-state index contributed by atoms with van der Waals surface area (Å²) in [5.74, 6) is 0. The lowest BCUT2D eigenvalue weighted by Crippen LogP contribution is -2.50. The van der Waals surface area contributed by atoms with Crippen LogP contribution in [0.25, 0.3) is 10.8 Å². The van der Waals surface area contributed by atoms with Gasteiger partial charge in [0.2, 0.25) is 0 Å². The predicted molar refractivity (Wildman–Crippen MR) is 109 cm³/mol. The van der Waals surface area contributed by atoms with Crippen LogP contribution < -0.4 is 0 Å². The van der Waals surface area contributed by atoms with Crippen LogP contribution in [0, 0.1) is 0 Å². The number of piperazine rings is 1. The van der Waals surface area contributed by atoms with Crippen molar-refractivity contribution in [2.24, 2.45) is 9.98 Å². The Morgan fingerprint density at radius 2 is 1.88 bits per heavy atom. The van der Waals surface area contributed by atoms with Crippen molar-refractivity contribution in [2.75, 3.05) is 46.3 Å². The van der Waals surface area contributed by atoms with Gasteiger partial charge in [-0.2, -0.15) is 0 Å². The van der Waals surface area contributed by atoms with Gasteiger partial charge in [-0.1, -0.05) is 36.4 Å². The Labute approximate surface area is 155 Å². The van der Waals surface area contributed by atoms with E-state index in [1.807, 2.05) is 19.7 Å². The van der Waals surface area contributed by atoms with E-state index in [1.54, 1.807) is 0 Å². The molecular weight excluding hydrogens is 322 g/mol. The molecule has 5 nitrogen and oxygen atoms in total. The number of benzene rings is 2. The van der Waals surface area contributed by atoms with E-state index in [9.17, 15) is 0 Å². The minimum atomic E-state index is 0.480. The molecule has 0 bridgehead atoms. The summed E-state index contributed by atoms with van der Waals surface area (Å²) in [4.78, 5) is 15.9. The number of fused-ring (bicyclic) bond motifs is 1. The van der Waals surface area contributed by atoms with E-state index in [0.29, 0.717) is 6.04 Å². The molecule has 0 spiro atoms. The van der Waals surface area contributed by atoms with Gasteiger partial charge in [0.15, 0.2) is 0 Å². The Kier molecular flexibility index (Phi) is 5.16. The van der Waals surface area contributed by atoms with Gasteiger partial charge >= 0.3 is 0 Å². The molecule has 1 unspecified atom stereocenters. The predicted octanol–water partition coefficient (Wildman–Crippen LogP) is 2.33. The number of aliphatic imine (C=N–C) groups is 2. The monoisotopic (exact) mass is 349 g/mol. The molecule has 2 aromatic carbocycles. The van der Waals surface area contributed by atoms with Gasteiger partial charge < -0.3 is 9.80 Å². The molecular formula is C21H27N5. The van der Waals surface area contributed by atoms with E-state index in [0.717, 1.165) is 45.8 Å². The fourth-order valence-electron chi connectivity index (χ4n) is 3.88. The Balaban J connectivity index is 1.36. The molecule has 0 saturated carbocycles. The Bertz CT molecular complexity index is 792. The molecule has 1 atom stereocenters. The highest BCUT2D eigenvalue weighted by atomic mass is 15.3. The smallest absolute Gasteiger partial charge is 0.0857 e. The van der Waals surface area contributed by atoms with Crippen molar-refractivity contribution >= 4 is 23.4 Å². The van der Waals surface area contributed by atoms with Crippen LogP contribution in [0.2, 0.25) is 0 Å². The lowest BCUT2D eigenvalue weighted by Gasteiger charge is -2.36. The number of rotatable bonds is 5. The molecule has 0 aliphatic carbocycles. The second-order valence-corrected chi connectivity index (χ2v) is 7.20. The van der Waals surface area contributed by atoms with Crippen molar-refractivity contribution in [3.8, 4) is 0 Å². The van der Waals surface area contributed by atoms with Crippen LogP contribution in [0.15, 0.2) is 52.4 Å². The van der Waals surface area contributed by atoms with Crippen LogP contribution in [-0.2, 0) is 6.54 Å². The molecule has 2 aliphatic rings. The lowest BCUT2D eigenvalue weighted by atomic mass is 10.1. The Morgan fingerprint density at radius 1 is 1.08 bits per heavy atom. The SMILES string of the molecule is CN=CN1CCN(CC2CN=CN2Cc2ccc3ccccc3c2)CC1. The summed E-state index contributed by atoms with van der Waals surface area (Å²) in [6.07, 6.45) is 4.00. The molecule has 2 aliphatic heterocycles. The van der Waals surface area contributed by atoms with Gasteiger partial charge in [0.25, 0.3) is 0 Å². The third-order valence-corrected chi connectivity index (χ3v) is 5.35. The summed E-state index contributed by atoms with van der Waals surface area (Å²) in [5, 5.41) is 2.61. The third-order valence-electron chi connectivity index (χ3n) is 5.35. The molecule has 5 heteroatoms. The first-order chi connectivity index (χ1) is 12.8. The van der Waals surface area contributed by atoms with Gasteiger partial charge in [0.05, 0.1) is 25.3 Å². The quantitative estimate of drug-likeness (QED) is 0.614. The summed E-state index contributed by atoms with van der Waals surface area (Å²) in [6.45, 7) is 7.26. The van der Waals surface area contributed by atoms with E-state index < -0.39 is 0 Å². The van der Waals surface area contributed by atoms with Crippen LogP contribution in [-0.4, -0.2) is 79.7 Å². The number of hydrogen-bond donors (Lipinski definition) is 0. The van der Waals surface area contributed by atoms with E-state index in [1.165, 1.54) is 16.3 Å². The molecule has 0 radical (unpaired) electrons. The van der Waals surface area contributed by atoms with Crippen LogP contribution in [0.1, 0.15) is 5.56 Å². The van der Waals surface area contributed by atoms with Gasteiger partial charge in [-0.25, -0.2) is 0 Å². The van der Waals surface area contributed by atoms with E-state index in [2.05, 4.69) is 67.1 Å². The lowest BCUT2D eigenvalue weighted by molar-refractivity contribution is 0.151. The highest BCUT2D eigenvalue weighted by Gasteiger charge is 2.25. The Hall–Kier alpha value is -2.40. The van der Waals surface area contributed by atoms with Gasteiger partial charge in [0.1, 0.15) is 0 Å². The van der Waals surface area contributed by atoms with Gasteiger partial charge in [-0.05, 0) is 22.4 Å². The van der Waals surface area contributed by atoms with Crippen molar-refractivity contribution in [2.45, 2.75) is 12.6 Å². The zero-order valence-corrected chi connectivity index (χ0v) is 15.5. The molecule has 136 valence electrons. The zero-order valence-electron chi connectivity index (χ0n) is 15.5. The zero-order chi connectivity index (χ0) is 17.8. The maximum atomic E-state index is 4.56. The summed E-state index contributed by atoms with van der Waals surface area (Å²) >= 11 is 0. The minimum Gasteiger partial charge on any atom is -0.360 e. The molecule has 0 amide bonds. The molecule has 4 rings (SSSR count). The molecule has 2 heterocycles. The first kappa shape index (κ1) is 17.0. The van der Waals surface area contributed by atoms with Crippen molar-refractivity contribution in [1.82, 2.24) is 14.7 Å². The summed E-state index contributed by atoms with van der Waals surface area (Å²) in [5.41, 5.74) is 1.35. The molecule has 1 fully saturated rings. The van der Waals surface area contributed by atoms with Crippen LogP contribution in [0.5, 0.6) is 0 Å². The second-order valence-electron chi connectivity index (χ2n) is 7.20. The van der Waals surface area contributed by atoms with Crippen molar-refractivity contribution in [3.05, 3.63) is 48.0 Å². The minimum absolute atomic E-state index is 0.480. The van der Waals surface area contributed by atoms with E-state index >= 15 is 0 Å². The van der Waals surface area contributed by atoms with Crippen LogP contribution in [0.4, 0.5) is 0 Å². The average Bonchev–Trinajstić information content (AvgIpc) is 3.10. The summed E-state index contributed by atoms with van der Waals surface area (Å²) in [6, 6.07) is 15.8. The number of hydrogen-bond acceptors (Lipinski definition) is 4. The molecule has 0 aromatic heterocycles. The summed E-state index contributed by atoms with van der Waals surface area (Å²) < 4.78 is 0. The molecule has 26 heavy (non-hydrogen) atoms. The second kappa shape index (κ2) is 7.87. The maximum Gasteiger partial charge on any atom is 0.0857 e. The summed E-state index contributed by atoms with van der Waals surface area (Å²) in [7, 11) is 1.84. The van der Waals surface area contributed by atoms with Gasteiger partial charge in [-0.3, -0.25) is 14.9 Å². The first-order valence-corrected chi connectivity index (χ1v) is 9.44. The maximum absolute atomic E-state index is 4.56. The fourth-order valence-corrected chi connectivity index (χ4v) is 3.88.